The molecule has 20 heavy (non-hydrogen) atoms. The molecule has 3 atom stereocenters. The molecule has 0 radical (unpaired) electrons. The summed E-state index contributed by atoms with van der Waals surface area (Å²) in [5.41, 5.74) is 1.41. The smallest absolute Gasteiger partial charge is 0.0796 e. The third-order valence-electron chi connectivity index (χ3n) is 4.23. The minimum Gasteiger partial charge on any atom is -0.376 e. The highest BCUT2D eigenvalue weighted by Gasteiger charge is 2.33. The molecular formula is C17H23NOS. The highest BCUT2D eigenvalue weighted by Crippen LogP contribution is 2.37. The minimum absolute atomic E-state index is 0.305. The fraction of sp³-hybridized carbons (Fsp3) is 0.529. The van der Waals surface area contributed by atoms with E-state index < -0.39 is 0 Å². The molecule has 0 amide bonds. The first-order valence-corrected chi connectivity index (χ1v) is 8.50. The molecular weight excluding hydrogens is 266 g/mol. The van der Waals surface area contributed by atoms with Crippen LogP contribution in [-0.2, 0) is 4.74 Å². The normalized spacial score (nSPS) is 24.3. The van der Waals surface area contributed by atoms with Crippen molar-refractivity contribution in [3.63, 3.8) is 0 Å². The Morgan fingerprint density at radius 2 is 2.25 bits per heavy atom. The first-order chi connectivity index (χ1) is 9.81. The molecule has 1 aliphatic heterocycles. The van der Waals surface area contributed by atoms with E-state index in [1.165, 1.54) is 22.1 Å². The van der Waals surface area contributed by atoms with Gasteiger partial charge in [0, 0.05) is 11.3 Å². The van der Waals surface area contributed by atoms with Gasteiger partial charge in [-0.3, -0.25) is 0 Å². The van der Waals surface area contributed by atoms with E-state index in [9.17, 15) is 0 Å². The molecule has 108 valence electrons. The van der Waals surface area contributed by atoms with Crippen LogP contribution < -0.4 is 5.32 Å². The molecule has 1 aromatic carbocycles. The highest BCUT2D eigenvalue weighted by molar-refractivity contribution is 7.17. The first-order valence-electron chi connectivity index (χ1n) is 7.62. The summed E-state index contributed by atoms with van der Waals surface area (Å²) in [7, 11) is 0. The molecule has 1 N–H and O–H groups in total. The Kier molecular flexibility index (Phi) is 4.39. The second-order valence-corrected chi connectivity index (χ2v) is 6.63. The van der Waals surface area contributed by atoms with E-state index in [0.29, 0.717) is 18.1 Å². The van der Waals surface area contributed by atoms with Gasteiger partial charge in [-0.15, -0.1) is 11.3 Å². The first kappa shape index (κ1) is 14.1. The number of fused-ring (bicyclic) bond motifs is 1. The lowest BCUT2D eigenvalue weighted by atomic mass is 9.92. The summed E-state index contributed by atoms with van der Waals surface area (Å²) in [6.07, 6.45) is 2.64. The van der Waals surface area contributed by atoms with Crippen molar-refractivity contribution in [1.29, 1.82) is 0 Å². The Bertz CT molecular complexity index is 565. The number of benzene rings is 1. The van der Waals surface area contributed by atoms with E-state index >= 15 is 0 Å². The third-order valence-corrected chi connectivity index (χ3v) is 5.21. The second-order valence-electron chi connectivity index (χ2n) is 5.72. The van der Waals surface area contributed by atoms with Gasteiger partial charge in [0.1, 0.15) is 0 Å². The van der Waals surface area contributed by atoms with E-state index in [-0.39, 0.29) is 0 Å². The molecule has 0 saturated carbocycles. The van der Waals surface area contributed by atoms with Crippen molar-refractivity contribution in [2.45, 2.75) is 38.8 Å². The van der Waals surface area contributed by atoms with E-state index in [1.807, 2.05) is 11.3 Å². The monoisotopic (exact) mass is 289 g/mol. The summed E-state index contributed by atoms with van der Waals surface area (Å²) in [5, 5.41) is 7.41. The van der Waals surface area contributed by atoms with Crippen LogP contribution in [0.5, 0.6) is 0 Å². The maximum atomic E-state index is 6.04. The van der Waals surface area contributed by atoms with Crippen molar-refractivity contribution >= 4 is 21.4 Å². The highest BCUT2D eigenvalue weighted by atomic mass is 32.1. The molecule has 0 aliphatic carbocycles. The molecule has 1 aliphatic rings. The van der Waals surface area contributed by atoms with Gasteiger partial charge in [-0.2, -0.15) is 0 Å². The Morgan fingerprint density at radius 1 is 1.40 bits per heavy atom. The van der Waals surface area contributed by atoms with Crippen molar-refractivity contribution in [3.8, 4) is 0 Å². The SMILES string of the molecule is CCCNC(c1csc2ccccc12)C1OCCC1C. The zero-order chi connectivity index (χ0) is 13.9. The Labute approximate surface area is 125 Å². The van der Waals surface area contributed by atoms with Gasteiger partial charge in [-0.25, -0.2) is 0 Å². The largest absolute Gasteiger partial charge is 0.376 e. The lowest BCUT2D eigenvalue weighted by molar-refractivity contribution is 0.0612. The quantitative estimate of drug-likeness (QED) is 0.882. The summed E-state index contributed by atoms with van der Waals surface area (Å²) < 4.78 is 7.41. The van der Waals surface area contributed by atoms with Crippen molar-refractivity contribution in [1.82, 2.24) is 5.32 Å². The number of hydrogen-bond acceptors (Lipinski definition) is 3. The van der Waals surface area contributed by atoms with Crippen LogP contribution in [0.1, 0.15) is 38.3 Å². The fourth-order valence-corrected chi connectivity index (χ4v) is 4.08. The molecule has 1 fully saturated rings. The molecule has 2 heterocycles. The summed E-state index contributed by atoms with van der Waals surface area (Å²) in [6.45, 7) is 6.47. The Morgan fingerprint density at radius 3 is 3.00 bits per heavy atom. The van der Waals surface area contributed by atoms with Gasteiger partial charge >= 0.3 is 0 Å². The third kappa shape index (κ3) is 2.62. The van der Waals surface area contributed by atoms with E-state index in [0.717, 1.165) is 19.6 Å². The van der Waals surface area contributed by atoms with E-state index in [1.54, 1.807) is 0 Å². The second kappa shape index (κ2) is 6.25. The average Bonchev–Trinajstić information content (AvgIpc) is 3.07. The van der Waals surface area contributed by atoms with Gasteiger partial charge < -0.3 is 10.1 Å². The predicted molar refractivity (Wildman–Crippen MR) is 86.4 cm³/mol. The van der Waals surface area contributed by atoms with E-state index in [4.69, 9.17) is 4.74 Å². The maximum absolute atomic E-state index is 6.04. The van der Waals surface area contributed by atoms with Gasteiger partial charge in [0.2, 0.25) is 0 Å². The van der Waals surface area contributed by atoms with Gasteiger partial charge in [0.05, 0.1) is 12.1 Å². The zero-order valence-electron chi connectivity index (χ0n) is 12.3. The summed E-state index contributed by atoms with van der Waals surface area (Å²) in [4.78, 5) is 0. The Balaban J connectivity index is 1.95. The van der Waals surface area contributed by atoms with Gasteiger partial charge in [-0.05, 0) is 47.7 Å². The van der Waals surface area contributed by atoms with Crippen LogP contribution in [0.15, 0.2) is 29.6 Å². The van der Waals surface area contributed by atoms with Gasteiger partial charge in [0.25, 0.3) is 0 Å². The zero-order valence-corrected chi connectivity index (χ0v) is 13.1. The van der Waals surface area contributed by atoms with Crippen LogP contribution in [-0.4, -0.2) is 19.3 Å². The minimum atomic E-state index is 0.305. The molecule has 3 unspecified atom stereocenters. The topological polar surface area (TPSA) is 21.3 Å². The van der Waals surface area contributed by atoms with Gasteiger partial charge in [0.15, 0.2) is 0 Å². The van der Waals surface area contributed by atoms with Crippen molar-refractivity contribution in [2.24, 2.45) is 5.92 Å². The van der Waals surface area contributed by atoms with Crippen molar-refractivity contribution < 1.29 is 4.74 Å². The molecule has 0 spiro atoms. The molecule has 2 nitrogen and oxygen atoms in total. The average molecular weight is 289 g/mol. The number of rotatable bonds is 5. The van der Waals surface area contributed by atoms with Crippen LogP contribution in [0.2, 0.25) is 0 Å². The van der Waals surface area contributed by atoms with Crippen LogP contribution in [0, 0.1) is 5.92 Å². The lowest BCUT2D eigenvalue weighted by Crippen LogP contribution is -2.35. The standard InChI is InChI=1S/C17H23NOS/c1-3-9-18-16(17-12(2)8-10-19-17)14-11-20-15-7-5-4-6-13(14)15/h4-7,11-12,16-18H,3,8-10H2,1-2H3. The summed E-state index contributed by atoms with van der Waals surface area (Å²) >= 11 is 1.84. The number of nitrogens with one attached hydrogen (secondary N) is 1. The number of thiophene rings is 1. The summed E-state index contributed by atoms with van der Waals surface area (Å²) in [5.74, 6) is 0.628. The van der Waals surface area contributed by atoms with Crippen LogP contribution in [0.3, 0.4) is 0 Å². The molecule has 3 rings (SSSR count). The lowest BCUT2D eigenvalue weighted by Gasteiger charge is -2.27. The Hall–Kier alpha value is -0.900. The maximum Gasteiger partial charge on any atom is 0.0796 e. The molecule has 3 heteroatoms. The van der Waals surface area contributed by atoms with Gasteiger partial charge in [-0.1, -0.05) is 32.0 Å². The number of hydrogen-bond donors (Lipinski definition) is 1. The molecule has 1 aromatic heterocycles. The van der Waals surface area contributed by atoms with Crippen LogP contribution in [0.25, 0.3) is 10.1 Å². The fourth-order valence-electron chi connectivity index (χ4n) is 3.09. The van der Waals surface area contributed by atoms with Crippen molar-refractivity contribution in [3.05, 3.63) is 35.2 Å². The van der Waals surface area contributed by atoms with Crippen LogP contribution >= 0.6 is 11.3 Å². The van der Waals surface area contributed by atoms with Crippen LogP contribution in [0.4, 0.5) is 0 Å². The van der Waals surface area contributed by atoms with E-state index in [2.05, 4.69) is 48.8 Å². The predicted octanol–water partition coefficient (Wildman–Crippen LogP) is 4.37. The molecule has 0 bridgehead atoms. The molecule has 1 saturated heterocycles. The summed E-state index contributed by atoms with van der Waals surface area (Å²) in [6, 6.07) is 9.02. The molecule has 2 aromatic rings. The van der Waals surface area contributed by atoms with Crippen molar-refractivity contribution in [2.75, 3.05) is 13.2 Å². The number of ether oxygens (including phenoxy) is 1.